The Kier molecular flexibility index (Phi) is 4.69. The van der Waals surface area contributed by atoms with Crippen LogP contribution in [0.5, 0.6) is 11.5 Å². The Morgan fingerprint density at radius 3 is 2.77 bits per heavy atom. The van der Waals surface area contributed by atoms with Crippen LogP contribution < -0.4 is 20.5 Å². The first-order valence-corrected chi connectivity index (χ1v) is 10.9. The molecule has 6 nitrogen and oxygen atoms in total. The normalized spacial score (nSPS) is 16.9. The van der Waals surface area contributed by atoms with Crippen molar-refractivity contribution in [2.45, 2.75) is 31.2 Å². The zero-order valence-electron chi connectivity index (χ0n) is 16.3. The molecular formula is C22H20ClN3O3S. The summed E-state index contributed by atoms with van der Waals surface area (Å²) in [6.45, 7) is 2.10. The summed E-state index contributed by atoms with van der Waals surface area (Å²) in [5.74, 6) is 1.33. The number of hydrogen-bond acceptors (Lipinski definition) is 6. The second kappa shape index (κ2) is 7.27. The maximum absolute atomic E-state index is 13.1. The van der Waals surface area contributed by atoms with Crippen LogP contribution in [0.15, 0.2) is 42.5 Å². The Bertz CT molecular complexity index is 1140. The predicted octanol–water partition coefficient (Wildman–Crippen LogP) is 4.55. The van der Waals surface area contributed by atoms with Gasteiger partial charge in [0.1, 0.15) is 0 Å². The number of aromatic nitrogens is 1. The van der Waals surface area contributed by atoms with Gasteiger partial charge in [-0.05, 0) is 49.1 Å². The molecule has 0 saturated heterocycles. The lowest BCUT2D eigenvalue weighted by Gasteiger charge is -2.15. The van der Waals surface area contributed by atoms with Gasteiger partial charge in [0, 0.05) is 5.02 Å². The molecule has 1 aliphatic carbocycles. The number of nitrogens with two attached hydrogens (primary N) is 1. The highest BCUT2D eigenvalue weighted by molar-refractivity contribution is 7.16. The molecule has 2 aromatic carbocycles. The fourth-order valence-electron chi connectivity index (χ4n) is 3.80. The monoisotopic (exact) mass is 441 g/mol. The van der Waals surface area contributed by atoms with Crippen molar-refractivity contribution in [3.8, 4) is 11.5 Å². The number of nitrogens with one attached hydrogen (secondary N) is 1. The van der Waals surface area contributed by atoms with Crippen LogP contribution in [0.3, 0.4) is 0 Å². The van der Waals surface area contributed by atoms with Crippen molar-refractivity contribution >= 4 is 34.0 Å². The molecule has 2 aliphatic rings. The summed E-state index contributed by atoms with van der Waals surface area (Å²) in [7, 11) is 0. The van der Waals surface area contributed by atoms with E-state index in [2.05, 4.69) is 10.3 Å². The van der Waals surface area contributed by atoms with Gasteiger partial charge in [0.2, 0.25) is 12.7 Å². The highest BCUT2D eigenvalue weighted by atomic mass is 35.5. The summed E-state index contributed by atoms with van der Waals surface area (Å²) in [5, 5.41) is 4.16. The average molecular weight is 442 g/mol. The van der Waals surface area contributed by atoms with Gasteiger partial charge in [0.15, 0.2) is 16.6 Å². The third-order valence-electron chi connectivity index (χ3n) is 5.69. The number of anilines is 1. The minimum absolute atomic E-state index is 0.0621. The van der Waals surface area contributed by atoms with Crippen LogP contribution >= 0.6 is 22.9 Å². The second-order valence-corrected chi connectivity index (χ2v) is 9.01. The summed E-state index contributed by atoms with van der Waals surface area (Å²) in [6, 6.07) is 12.8. The van der Waals surface area contributed by atoms with Crippen molar-refractivity contribution in [1.29, 1.82) is 0 Å². The van der Waals surface area contributed by atoms with Gasteiger partial charge in [0.05, 0.1) is 22.0 Å². The second-order valence-electron chi connectivity index (χ2n) is 7.57. The van der Waals surface area contributed by atoms with E-state index >= 15 is 0 Å². The third-order valence-corrected chi connectivity index (χ3v) is 7.19. The zero-order chi connectivity index (χ0) is 20.9. The fourth-order valence-corrected chi connectivity index (χ4v) is 5.04. The van der Waals surface area contributed by atoms with Gasteiger partial charge in [-0.3, -0.25) is 4.79 Å². The van der Waals surface area contributed by atoms with Gasteiger partial charge in [-0.15, -0.1) is 0 Å². The largest absolute Gasteiger partial charge is 0.454 e. The first-order valence-electron chi connectivity index (χ1n) is 9.67. The molecular weight excluding hydrogens is 422 g/mol. The number of carbonyl (C=O) groups is 1. The average Bonchev–Trinajstić information content (AvgIpc) is 3.28. The molecule has 2 heterocycles. The molecule has 154 valence electrons. The van der Waals surface area contributed by atoms with Crippen molar-refractivity contribution in [3.63, 3.8) is 0 Å². The fraction of sp³-hybridized carbons (Fsp3) is 0.273. The Labute approximate surface area is 183 Å². The standard InChI is InChI=1S/C22H20ClN3O3S/c1-12-19(18(24)14-4-2-3-5-15(14)23)30-21(25-12)26-20(27)22(8-9-22)13-6-7-16-17(10-13)29-11-28-16/h2-7,10,18H,8-9,11,24H2,1H3,(H,25,26,27)/t18-/m1/s1. The number of nitrogens with zero attached hydrogens (tertiary/aromatic N) is 1. The molecule has 1 saturated carbocycles. The molecule has 8 heteroatoms. The van der Waals surface area contributed by atoms with Crippen molar-refractivity contribution in [2.24, 2.45) is 5.73 Å². The van der Waals surface area contributed by atoms with Crippen molar-refractivity contribution in [2.75, 3.05) is 12.1 Å². The molecule has 5 rings (SSSR count). The molecule has 1 amide bonds. The van der Waals surface area contributed by atoms with E-state index in [0.717, 1.165) is 34.5 Å². The molecule has 0 bridgehead atoms. The summed E-state index contributed by atoms with van der Waals surface area (Å²) in [6.07, 6.45) is 1.57. The number of halogens is 1. The molecule has 3 N–H and O–H groups in total. The lowest BCUT2D eigenvalue weighted by Crippen LogP contribution is -2.27. The minimum atomic E-state index is -0.550. The molecule has 3 aromatic rings. The number of aryl methyl sites for hydroxylation is 1. The number of amides is 1. The molecule has 0 unspecified atom stereocenters. The number of thiazole rings is 1. The number of carbonyl (C=O) groups excluding carboxylic acids is 1. The SMILES string of the molecule is Cc1nc(NC(=O)C2(c3ccc4c(c3)OCO4)CC2)sc1[C@H](N)c1ccccc1Cl. The van der Waals surface area contributed by atoms with E-state index in [-0.39, 0.29) is 12.7 Å². The highest BCUT2D eigenvalue weighted by Crippen LogP contribution is 2.51. The van der Waals surface area contributed by atoms with E-state index < -0.39 is 11.5 Å². The van der Waals surface area contributed by atoms with Gasteiger partial charge in [-0.2, -0.15) is 0 Å². The van der Waals surface area contributed by atoms with Crippen molar-refractivity contribution in [1.82, 2.24) is 4.98 Å². The van der Waals surface area contributed by atoms with Crippen LogP contribution in [0, 0.1) is 6.92 Å². The summed E-state index contributed by atoms with van der Waals surface area (Å²) >= 11 is 7.69. The van der Waals surface area contributed by atoms with E-state index in [9.17, 15) is 4.79 Å². The van der Waals surface area contributed by atoms with E-state index in [0.29, 0.717) is 21.7 Å². The van der Waals surface area contributed by atoms with E-state index in [1.54, 1.807) is 0 Å². The Morgan fingerprint density at radius 2 is 2.00 bits per heavy atom. The van der Waals surface area contributed by atoms with Crippen LogP contribution in [0.1, 0.15) is 40.6 Å². The molecule has 0 spiro atoms. The van der Waals surface area contributed by atoms with Gasteiger partial charge < -0.3 is 20.5 Å². The Morgan fingerprint density at radius 1 is 1.23 bits per heavy atom. The van der Waals surface area contributed by atoms with Crippen LogP contribution in [-0.4, -0.2) is 17.7 Å². The van der Waals surface area contributed by atoms with Gasteiger partial charge in [-0.1, -0.05) is 47.2 Å². The molecule has 0 radical (unpaired) electrons. The Hall–Kier alpha value is -2.61. The Balaban J connectivity index is 1.37. The van der Waals surface area contributed by atoms with E-state index in [1.807, 2.05) is 49.4 Å². The molecule has 30 heavy (non-hydrogen) atoms. The minimum Gasteiger partial charge on any atom is -0.454 e. The number of ether oxygens (including phenoxy) is 2. The lowest BCUT2D eigenvalue weighted by atomic mass is 9.94. The quantitative estimate of drug-likeness (QED) is 0.606. The molecule has 1 aliphatic heterocycles. The smallest absolute Gasteiger partial charge is 0.236 e. The third kappa shape index (κ3) is 3.23. The summed E-state index contributed by atoms with van der Waals surface area (Å²) < 4.78 is 10.8. The van der Waals surface area contributed by atoms with Crippen LogP contribution in [-0.2, 0) is 10.2 Å². The van der Waals surface area contributed by atoms with Gasteiger partial charge in [0.25, 0.3) is 0 Å². The predicted molar refractivity (Wildman–Crippen MR) is 116 cm³/mol. The number of rotatable bonds is 5. The van der Waals surface area contributed by atoms with Gasteiger partial charge in [-0.25, -0.2) is 4.98 Å². The molecule has 1 fully saturated rings. The van der Waals surface area contributed by atoms with E-state index in [1.165, 1.54) is 11.3 Å². The summed E-state index contributed by atoms with van der Waals surface area (Å²) in [4.78, 5) is 18.6. The van der Waals surface area contributed by atoms with Crippen molar-refractivity contribution in [3.05, 3.63) is 69.2 Å². The summed E-state index contributed by atoms with van der Waals surface area (Å²) in [5.41, 5.74) is 8.46. The first-order chi connectivity index (χ1) is 14.5. The van der Waals surface area contributed by atoms with Crippen LogP contribution in [0.4, 0.5) is 5.13 Å². The molecule has 1 aromatic heterocycles. The lowest BCUT2D eigenvalue weighted by molar-refractivity contribution is -0.118. The van der Waals surface area contributed by atoms with Crippen LogP contribution in [0.2, 0.25) is 5.02 Å². The number of fused-ring (bicyclic) bond motifs is 1. The molecule has 1 atom stereocenters. The maximum Gasteiger partial charge on any atom is 0.236 e. The maximum atomic E-state index is 13.1. The van der Waals surface area contributed by atoms with E-state index in [4.69, 9.17) is 26.8 Å². The van der Waals surface area contributed by atoms with Crippen LogP contribution in [0.25, 0.3) is 0 Å². The number of hydrogen-bond donors (Lipinski definition) is 2. The topological polar surface area (TPSA) is 86.5 Å². The zero-order valence-corrected chi connectivity index (χ0v) is 17.8. The van der Waals surface area contributed by atoms with Crippen molar-refractivity contribution < 1.29 is 14.3 Å². The van der Waals surface area contributed by atoms with Gasteiger partial charge >= 0.3 is 0 Å². The number of benzene rings is 2. The highest BCUT2D eigenvalue weighted by Gasteiger charge is 2.52. The first kappa shape index (κ1) is 19.4.